The number of nitrogens with one attached hydrogen (secondary N) is 2. The summed E-state index contributed by atoms with van der Waals surface area (Å²) in [7, 11) is 0. The van der Waals surface area contributed by atoms with Gasteiger partial charge in [-0.1, -0.05) is 19.8 Å². The highest BCUT2D eigenvalue weighted by molar-refractivity contribution is 5.85. The first-order chi connectivity index (χ1) is 7.63. The van der Waals surface area contributed by atoms with E-state index in [1.165, 1.54) is 19.3 Å². The first kappa shape index (κ1) is 13.0. The Balaban J connectivity index is 2.12. The van der Waals surface area contributed by atoms with Crippen LogP contribution in [0.2, 0.25) is 0 Å². The fraction of sp³-hybridized carbons (Fsp3) is 0.818. The van der Waals surface area contributed by atoms with Gasteiger partial charge in [-0.25, -0.2) is 0 Å². The number of carbonyl (C=O) groups is 2. The summed E-state index contributed by atoms with van der Waals surface area (Å²) in [5.74, 6) is 0.846. The third-order valence-electron chi connectivity index (χ3n) is 3.23. The van der Waals surface area contributed by atoms with Gasteiger partial charge in [0.05, 0.1) is 13.1 Å². The second-order valence-corrected chi connectivity index (χ2v) is 4.45. The Labute approximate surface area is 96.1 Å². The largest absolute Gasteiger partial charge is 0.354 e. The van der Waals surface area contributed by atoms with Gasteiger partial charge in [-0.15, -0.1) is 0 Å². The lowest BCUT2D eigenvalue weighted by Crippen LogP contribution is -2.41. The summed E-state index contributed by atoms with van der Waals surface area (Å²) in [5, 5.41) is 5.28. The van der Waals surface area contributed by atoms with E-state index in [2.05, 4.69) is 17.6 Å². The number of hydrogen-bond acceptors (Lipinski definition) is 3. The molecule has 1 fully saturated rings. The summed E-state index contributed by atoms with van der Waals surface area (Å²) >= 11 is 0. The topological polar surface area (TPSA) is 84.2 Å². The molecule has 0 bridgehead atoms. The summed E-state index contributed by atoms with van der Waals surface area (Å²) in [6.07, 6.45) is 3.70. The van der Waals surface area contributed by atoms with Crippen molar-refractivity contribution in [2.24, 2.45) is 17.6 Å². The molecule has 2 amide bonds. The molecule has 0 saturated heterocycles. The maximum absolute atomic E-state index is 11.4. The van der Waals surface area contributed by atoms with Gasteiger partial charge >= 0.3 is 0 Å². The van der Waals surface area contributed by atoms with Gasteiger partial charge in [0.2, 0.25) is 11.8 Å². The van der Waals surface area contributed by atoms with Crippen LogP contribution in [0.15, 0.2) is 0 Å². The van der Waals surface area contributed by atoms with Gasteiger partial charge in [0.25, 0.3) is 0 Å². The van der Waals surface area contributed by atoms with Crippen molar-refractivity contribution in [2.75, 3.05) is 19.6 Å². The molecule has 2 unspecified atom stereocenters. The van der Waals surface area contributed by atoms with Crippen LogP contribution in [0, 0.1) is 11.8 Å². The molecule has 0 spiro atoms. The monoisotopic (exact) mass is 227 g/mol. The highest BCUT2D eigenvalue weighted by Gasteiger charge is 2.23. The molecule has 5 heteroatoms. The van der Waals surface area contributed by atoms with Gasteiger partial charge in [0, 0.05) is 6.54 Å². The number of hydrogen-bond donors (Lipinski definition) is 3. The highest BCUT2D eigenvalue weighted by Crippen LogP contribution is 2.30. The van der Waals surface area contributed by atoms with Crippen LogP contribution in [0.5, 0.6) is 0 Å². The van der Waals surface area contributed by atoms with Crippen molar-refractivity contribution in [1.82, 2.24) is 10.6 Å². The van der Waals surface area contributed by atoms with Gasteiger partial charge in [-0.05, 0) is 18.3 Å². The van der Waals surface area contributed by atoms with E-state index in [0.29, 0.717) is 11.8 Å². The molecule has 1 rings (SSSR count). The lowest BCUT2D eigenvalue weighted by Gasteiger charge is -2.15. The Bertz CT molecular complexity index is 256. The lowest BCUT2D eigenvalue weighted by molar-refractivity contribution is -0.125. The molecule has 0 radical (unpaired) electrons. The molecule has 1 aliphatic carbocycles. The minimum absolute atomic E-state index is 0.0249. The molecule has 0 aromatic heterocycles. The summed E-state index contributed by atoms with van der Waals surface area (Å²) in [6.45, 7) is 2.89. The molecule has 5 nitrogen and oxygen atoms in total. The maximum atomic E-state index is 11.4. The van der Waals surface area contributed by atoms with Gasteiger partial charge in [0.15, 0.2) is 0 Å². The molecule has 0 aliphatic heterocycles. The van der Waals surface area contributed by atoms with Gasteiger partial charge in [-0.2, -0.15) is 0 Å². The smallest absolute Gasteiger partial charge is 0.239 e. The molecular weight excluding hydrogens is 206 g/mol. The van der Waals surface area contributed by atoms with Crippen molar-refractivity contribution < 1.29 is 9.59 Å². The average Bonchev–Trinajstić information content (AvgIpc) is 2.69. The van der Waals surface area contributed by atoms with Crippen molar-refractivity contribution in [3.63, 3.8) is 0 Å². The Morgan fingerprint density at radius 3 is 2.56 bits per heavy atom. The third kappa shape index (κ3) is 4.18. The minimum atomic E-state index is -0.301. The maximum Gasteiger partial charge on any atom is 0.239 e. The average molecular weight is 227 g/mol. The van der Waals surface area contributed by atoms with Crippen LogP contribution in [0.4, 0.5) is 0 Å². The molecular formula is C11H21N3O2. The molecule has 1 saturated carbocycles. The minimum Gasteiger partial charge on any atom is -0.354 e. The van der Waals surface area contributed by atoms with E-state index in [1.54, 1.807) is 0 Å². The highest BCUT2D eigenvalue weighted by atomic mass is 16.2. The molecule has 92 valence electrons. The van der Waals surface area contributed by atoms with E-state index < -0.39 is 0 Å². The number of amides is 2. The van der Waals surface area contributed by atoms with Crippen LogP contribution < -0.4 is 16.4 Å². The fourth-order valence-corrected chi connectivity index (χ4v) is 2.08. The van der Waals surface area contributed by atoms with Gasteiger partial charge in [-0.3, -0.25) is 9.59 Å². The molecule has 0 aromatic rings. The molecule has 1 aliphatic rings. The van der Waals surface area contributed by atoms with Crippen LogP contribution in [-0.2, 0) is 9.59 Å². The number of nitrogens with two attached hydrogens (primary N) is 1. The van der Waals surface area contributed by atoms with Crippen molar-refractivity contribution in [3.05, 3.63) is 0 Å². The van der Waals surface area contributed by atoms with Crippen molar-refractivity contribution in [2.45, 2.75) is 26.2 Å². The fourth-order valence-electron chi connectivity index (χ4n) is 2.08. The van der Waals surface area contributed by atoms with E-state index in [0.717, 1.165) is 6.54 Å². The summed E-state index contributed by atoms with van der Waals surface area (Å²) in [4.78, 5) is 22.2. The number of rotatable bonds is 5. The third-order valence-corrected chi connectivity index (χ3v) is 3.23. The molecule has 2 atom stereocenters. The Morgan fingerprint density at radius 1 is 1.25 bits per heavy atom. The predicted molar refractivity (Wildman–Crippen MR) is 61.6 cm³/mol. The van der Waals surface area contributed by atoms with Crippen LogP contribution in [0.1, 0.15) is 26.2 Å². The van der Waals surface area contributed by atoms with Gasteiger partial charge in [0.1, 0.15) is 0 Å². The van der Waals surface area contributed by atoms with E-state index in [1.807, 2.05) is 0 Å². The first-order valence-corrected chi connectivity index (χ1v) is 5.87. The number of carbonyl (C=O) groups excluding carboxylic acids is 2. The van der Waals surface area contributed by atoms with Crippen molar-refractivity contribution in [1.29, 1.82) is 0 Å². The van der Waals surface area contributed by atoms with Gasteiger partial charge < -0.3 is 16.4 Å². The standard InChI is InChI=1S/C11H21N3O2/c1-8-3-2-4-9(8)6-13-11(16)7-14-10(15)5-12/h8-9H,2-7,12H2,1H3,(H,13,16)(H,14,15). The quantitative estimate of drug-likeness (QED) is 0.598. The van der Waals surface area contributed by atoms with Crippen molar-refractivity contribution >= 4 is 11.8 Å². The van der Waals surface area contributed by atoms with E-state index >= 15 is 0 Å². The zero-order valence-corrected chi connectivity index (χ0v) is 9.79. The first-order valence-electron chi connectivity index (χ1n) is 5.87. The second-order valence-electron chi connectivity index (χ2n) is 4.45. The summed E-state index contributed by atoms with van der Waals surface area (Å²) in [6, 6.07) is 0. The predicted octanol–water partition coefficient (Wildman–Crippen LogP) is -0.386. The molecule has 0 heterocycles. The SMILES string of the molecule is CC1CCCC1CNC(=O)CNC(=O)CN. The summed E-state index contributed by atoms with van der Waals surface area (Å²) < 4.78 is 0. The lowest BCUT2D eigenvalue weighted by atomic mass is 9.98. The Morgan fingerprint density at radius 2 is 2.00 bits per heavy atom. The molecule has 0 aromatic carbocycles. The van der Waals surface area contributed by atoms with Crippen LogP contribution in [0.25, 0.3) is 0 Å². The van der Waals surface area contributed by atoms with E-state index in [9.17, 15) is 9.59 Å². The Hall–Kier alpha value is -1.10. The normalized spacial score (nSPS) is 24.1. The zero-order valence-electron chi connectivity index (χ0n) is 9.79. The van der Waals surface area contributed by atoms with E-state index in [-0.39, 0.29) is 24.9 Å². The molecule has 16 heavy (non-hydrogen) atoms. The van der Waals surface area contributed by atoms with Crippen LogP contribution in [0.3, 0.4) is 0 Å². The zero-order chi connectivity index (χ0) is 12.0. The Kier molecular flexibility index (Phi) is 5.25. The van der Waals surface area contributed by atoms with Crippen LogP contribution >= 0.6 is 0 Å². The van der Waals surface area contributed by atoms with Crippen LogP contribution in [-0.4, -0.2) is 31.4 Å². The second kappa shape index (κ2) is 6.48. The molecule has 4 N–H and O–H groups in total. The van der Waals surface area contributed by atoms with Crippen molar-refractivity contribution in [3.8, 4) is 0 Å². The summed E-state index contributed by atoms with van der Waals surface area (Å²) in [5.41, 5.74) is 5.11. The van der Waals surface area contributed by atoms with E-state index in [4.69, 9.17) is 5.73 Å².